The Balaban J connectivity index is 1.19. The van der Waals surface area contributed by atoms with Crippen molar-refractivity contribution < 1.29 is 17.9 Å². The van der Waals surface area contributed by atoms with Gasteiger partial charge in [-0.05, 0) is 62.0 Å². The fourth-order valence-corrected chi connectivity index (χ4v) is 4.60. The van der Waals surface area contributed by atoms with Gasteiger partial charge in [-0.2, -0.15) is 18.4 Å². The third-order valence-electron chi connectivity index (χ3n) is 6.52. The summed E-state index contributed by atoms with van der Waals surface area (Å²) < 4.78 is 44.2. The van der Waals surface area contributed by atoms with E-state index in [1.807, 2.05) is 11.0 Å². The zero-order valence-electron chi connectivity index (χ0n) is 17.8. The molecule has 0 radical (unpaired) electrons. The Morgan fingerprint density at radius 2 is 1.72 bits per heavy atom. The van der Waals surface area contributed by atoms with Crippen LogP contribution in [0.15, 0.2) is 30.9 Å². The smallest absolute Gasteiger partial charge is 0.378 e. The van der Waals surface area contributed by atoms with Crippen molar-refractivity contribution in [2.45, 2.75) is 56.7 Å². The first kappa shape index (κ1) is 22.5. The number of aromatic nitrogens is 3. The second kappa shape index (κ2) is 9.82. The van der Waals surface area contributed by atoms with Crippen molar-refractivity contribution >= 4 is 5.95 Å². The average Bonchev–Trinajstić information content (AvgIpc) is 2.83. The maximum atomic E-state index is 12.7. The maximum absolute atomic E-state index is 12.7. The number of hydrogen-bond donors (Lipinski definition) is 0. The Hall–Kier alpha value is -2.73. The lowest BCUT2D eigenvalue weighted by atomic mass is 9.81. The molecule has 0 aromatic carbocycles. The summed E-state index contributed by atoms with van der Waals surface area (Å²) >= 11 is 0. The number of halogens is 3. The van der Waals surface area contributed by atoms with Crippen molar-refractivity contribution in [3.8, 4) is 6.07 Å². The number of piperidine rings is 1. The Morgan fingerprint density at radius 3 is 2.34 bits per heavy atom. The van der Waals surface area contributed by atoms with E-state index < -0.39 is 11.7 Å². The maximum Gasteiger partial charge on any atom is 0.419 e. The van der Waals surface area contributed by atoms with Crippen molar-refractivity contribution in [3.63, 3.8) is 0 Å². The molecular formula is C23H26F3N5O. The molecule has 2 aromatic heterocycles. The highest BCUT2D eigenvalue weighted by molar-refractivity contribution is 5.37. The number of alkyl halides is 3. The van der Waals surface area contributed by atoms with E-state index in [0.29, 0.717) is 43.0 Å². The molecule has 170 valence electrons. The van der Waals surface area contributed by atoms with Crippen molar-refractivity contribution in [1.82, 2.24) is 15.0 Å². The molecule has 9 heteroatoms. The molecule has 0 N–H and O–H groups in total. The summed E-state index contributed by atoms with van der Waals surface area (Å²) in [5, 5.41) is 9.29. The highest BCUT2D eigenvalue weighted by atomic mass is 19.4. The molecule has 1 aliphatic heterocycles. The minimum absolute atomic E-state index is 0.245. The quantitative estimate of drug-likeness (QED) is 0.663. The van der Waals surface area contributed by atoms with Gasteiger partial charge in [0.25, 0.3) is 0 Å². The first-order valence-corrected chi connectivity index (χ1v) is 11.0. The van der Waals surface area contributed by atoms with Crippen LogP contribution in [-0.4, -0.2) is 40.8 Å². The number of ether oxygens (including phenoxy) is 1. The molecule has 2 aliphatic rings. The summed E-state index contributed by atoms with van der Waals surface area (Å²) in [4.78, 5) is 13.8. The lowest BCUT2D eigenvalue weighted by Crippen LogP contribution is -2.37. The molecule has 32 heavy (non-hydrogen) atoms. The van der Waals surface area contributed by atoms with Crippen molar-refractivity contribution in [3.05, 3.63) is 47.5 Å². The molecule has 4 rings (SSSR count). The molecule has 0 bridgehead atoms. The molecule has 0 spiro atoms. The van der Waals surface area contributed by atoms with Crippen LogP contribution in [0.5, 0.6) is 0 Å². The molecule has 1 aliphatic carbocycles. The molecule has 0 atom stereocenters. The van der Waals surface area contributed by atoms with Crippen LogP contribution < -0.4 is 4.90 Å². The van der Waals surface area contributed by atoms with Gasteiger partial charge in [0.15, 0.2) is 0 Å². The van der Waals surface area contributed by atoms with Crippen LogP contribution in [0.25, 0.3) is 0 Å². The van der Waals surface area contributed by atoms with Crippen LogP contribution in [0.4, 0.5) is 19.1 Å². The third-order valence-corrected chi connectivity index (χ3v) is 6.52. The lowest BCUT2D eigenvalue weighted by Gasteiger charge is -2.34. The summed E-state index contributed by atoms with van der Waals surface area (Å²) in [7, 11) is 0. The van der Waals surface area contributed by atoms with E-state index in [-0.39, 0.29) is 6.10 Å². The van der Waals surface area contributed by atoms with Crippen LogP contribution in [0, 0.1) is 17.2 Å². The second-order valence-corrected chi connectivity index (χ2v) is 8.58. The summed E-state index contributed by atoms with van der Waals surface area (Å²) in [6, 6.07) is 4.20. The largest absolute Gasteiger partial charge is 0.419 e. The first-order valence-electron chi connectivity index (χ1n) is 11.0. The van der Waals surface area contributed by atoms with Gasteiger partial charge < -0.3 is 9.64 Å². The van der Waals surface area contributed by atoms with Gasteiger partial charge in [-0.3, -0.25) is 4.98 Å². The van der Waals surface area contributed by atoms with Gasteiger partial charge in [-0.1, -0.05) is 0 Å². The molecule has 6 nitrogen and oxygen atoms in total. The third kappa shape index (κ3) is 5.36. The minimum atomic E-state index is -4.42. The van der Waals surface area contributed by atoms with E-state index in [1.165, 1.54) is 0 Å². The summed E-state index contributed by atoms with van der Waals surface area (Å²) in [6.07, 6.45) is 6.70. The van der Waals surface area contributed by atoms with Crippen LogP contribution in [0.2, 0.25) is 0 Å². The number of nitrogens with zero attached hydrogens (tertiary/aromatic N) is 5. The second-order valence-electron chi connectivity index (χ2n) is 8.58. The van der Waals surface area contributed by atoms with Crippen LogP contribution in [0.3, 0.4) is 0 Å². The first-order chi connectivity index (χ1) is 15.4. The molecule has 1 saturated heterocycles. The van der Waals surface area contributed by atoms with E-state index >= 15 is 0 Å². The fourth-order valence-electron chi connectivity index (χ4n) is 4.60. The average molecular weight is 445 g/mol. The van der Waals surface area contributed by atoms with Crippen LogP contribution in [0.1, 0.15) is 61.1 Å². The van der Waals surface area contributed by atoms with Crippen molar-refractivity contribution in [2.24, 2.45) is 5.92 Å². The van der Waals surface area contributed by atoms with Crippen molar-refractivity contribution in [2.75, 3.05) is 24.6 Å². The zero-order chi connectivity index (χ0) is 22.6. The molecule has 0 unspecified atom stereocenters. The monoisotopic (exact) mass is 445 g/mol. The Labute approximate surface area is 185 Å². The lowest BCUT2D eigenvalue weighted by molar-refractivity contribution is -0.138. The fraction of sp³-hybridized carbons (Fsp3) is 0.565. The normalized spacial score (nSPS) is 22.5. The molecule has 2 fully saturated rings. The van der Waals surface area contributed by atoms with E-state index in [4.69, 9.17) is 4.74 Å². The summed E-state index contributed by atoms with van der Waals surface area (Å²) in [5.74, 6) is 1.17. The van der Waals surface area contributed by atoms with E-state index in [0.717, 1.165) is 56.5 Å². The highest BCUT2D eigenvalue weighted by Crippen LogP contribution is 2.36. The standard InChI is InChI=1S/C23H26F3N5O/c24-23(25,26)19-13-29-22(30-14-19)31-9-6-16(7-10-31)15-32-20-3-1-17(2-4-20)21-5-8-28-12-18(21)11-27/h5,8,12-14,16-17,20H,1-4,6-7,9-10,15H2. The summed E-state index contributed by atoms with van der Waals surface area (Å²) in [5.41, 5.74) is 0.937. The van der Waals surface area contributed by atoms with Crippen molar-refractivity contribution in [1.29, 1.82) is 5.26 Å². The summed E-state index contributed by atoms with van der Waals surface area (Å²) in [6.45, 7) is 2.13. The van der Waals surface area contributed by atoms with E-state index in [2.05, 4.69) is 21.0 Å². The molecular weight excluding hydrogens is 419 g/mol. The molecule has 0 amide bonds. The van der Waals surface area contributed by atoms with Crippen LogP contribution >= 0.6 is 0 Å². The molecule has 2 aromatic rings. The Morgan fingerprint density at radius 1 is 1.03 bits per heavy atom. The topological polar surface area (TPSA) is 74.9 Å². The van der Waals surface area contributed by atoms with Gasteiger partial charge >= 0.3 is 6.18 Å². The number of pyridine rings is 1. The number of anilines is 1. The highest BCUT2D eigenvalue weighted by Gasteiger charge is 2.32. The predicted octanol–water partition coefficient (Wildman–Crippen LogP) is 4.72. The zero-order valence-corrected chi connectivity index (χ0v) is 17.8. The van der Waals surface area contributed by atoms with Gasteiger partial charge in [-0.25, -0.2) is 9.97 Å². The predicted molar refractivity (Wildman–Crippen MR) is 112 cm³/mol. The Kier molecular flexibility index (Phi) is 6.89. The number of hydrogen-bond acceptors (Lipinski definition) is 6. The molecule has 1 saturated carbocycles. The van der Waals surface area contributed by atoms with Gasteiger partial charge in [0.1, 0.15) is 6.07 Å². The number of nitriles is 1. The SMILES string of the molecule is N#Cc1cnccc1C1CCC(OCC2CCN(c3ncc(C(F)(F)F)cn3)CC2)CC1. The van der Waals surface area contributed by atoms with Gasteiger partial charge in [0.05, 0.1) is 17.2 Å². The minimum Gasteiger partial charge on any atom is -0.378 e. The number of rotatable bonds is 5. The van der Waals surface area contributed by atoms with E-state index in [9.17, 15) is 18.4 Å². The van der Waals surface area contributed by atoms with Gasteiger partial charge in [-0.15, -0.1) is 0 Å². The van der Waals surface area contributed by atoms with E-state index in [1.54, 1.807) is 12.4 Å². The molecule has 3 heterocycles. The Bertz CT molecular complexity index is 928. The van der Waals surface area contributed by atoms with Crippen LogP contribution in [-0.2, 0) is 10.9 Å². The van der Waals surface area contributed by atoms with Gasteiger partial charge in [0, 0.05) is 44.5 Å². The van der Waals surface area contributed by atoms with Gasteiger partial charge in [0.2, 0.25) is 5.95 Å².